The Balaban J connectivity index is 1.59. The number of rotatable bonds is 3. The van der Waals surface area contributed by atoms with Gasteiger partial charge in [0.15, 0.2) is 0 Å². The Kier molecular flexibility index (Phi) is 4.87. The highest BCUT2D eigenvalue weighted by Crippen LogP contribution is 2.36. The van der Waals surface area contributed by atoms with E-state index in [0.717, 1.165) is 37.4 Å². The number of nitrogens with one attached hydrogen (secondary N) is 1. The van der Waals surface area contributed by atoms with Crippen molar-refractivity contribution in [2.45, 2.75) is 45.3 Å². The highest BCUT2D eigenvalue weighted by atomic mass is 19.1. The molecule has 1 N–H and O–H groups in total. The minimum absolute atomic E-state index is 0.204. The first-order valence-electron chi connectivity index (χ1n) is 9.96. The molecule has 7 heteroatoms. The molecule has 3 heterocycles. The maximum atomic E-state index is 14.4. The van der Waals surface area contributed by atoms with E-state index in [1.54, 1.807) is 4.90 Å². The van der Waals surface area contributed by atoms with Crippen LogP contribution in [0.4, 0.5) is 10.1 Å². The van der Waals surface area contributed by atoms with Gasteiger partial charge in [0, 0.05) is 61.3 Å². The molecule has 0 spiro atoms. The fraction of sp³-hybridized carbons (Fsp3) is 0.524. The predicted octanol–water partition coefficient (Wildman–Crippen LogP) is 2.10. The molecule has 0 radical (unpaired) electrons. The number of halogens is 1. The van der Waals surface area contributed by atoms with Crippen molar-refractivity contribution in [2.75, 3.05) is 31.1 Å². The van der Waals surface area contributed by atoms with Gasteiger partial charge in [-0.25, -0.2) is 4.39 Å². The van der Waals surface area contributed by atoms with Crippen molar-refractivity contribution < 1.29 is 14.0 Å². The SMILES string of the molecule is C=C1CCC(N2Cc3c(cc(F)cc3N3CCN(C(C)C)CC3)C2=O)C(=O)N1. The first kappa shape index (κ1) is 18.9. The van der Waals surface area contributed by atoms with Gasteiger partial charge in [0.25, 0.3) is 5.91 Å². The zero-order chi connectivity index (χ0) is 20.0. The van der Waals surface area contributed by atoms with Crippen molar-refractivity contribution >= 4 is 17.5 Å². The molecule has 1 aromatic carbocycles. The summed E-state index contributed by atoms with van der Waals surface area (Å²) in [4.78, 5) is 31.5. The van der Waals surface area contributed by atoms with Crippen molar-refractivity contribution in [1.82, 2.24) is 15.1 Å². The summed E-state index contributed by atoms with van der Waals surface area (Å²) >= 11 is 0. The normalized spacial score (nSPS) is 23.4. The van der Waals surface area contributed by atoms with E-state index in [4.69, 9.17) is 0 Å². The Morgan fingerprint density at radius 3 is 2.54 bits per heavy atom. The van der Waals surface area contributed by atoms with E-state index in [2.05, 4.69) is 35.5 Å². The summed E-state index contributed by atoms with van der Waals surface area (Å²) in [5.41, 5.74) is 2.69. The zero-order valence-electron chi connectivity index (χ0n) is 16.5. The van der Waals surface area contributed by atoms with Gasteiger partial charge in [-0.3, -0.25) is 14.5 Å². The molecular formula is C21H27FN4O2. The van der Waals surface area contributed by atoms with Crippen LogP contribution in [0.25, 0.3) is 0 Å². The lowest BCUT2D eigenvalue weighted by Crippen LogP contribution is -2.50. The standard InChI is InChI=1S/C21H27FN4O2/c1-13(2)24-6-8-25(9-7-24)19-11-15(22)10-16-17(19)12-26(21(16)28)18-5-4-14(3)23-20(18)27/h10-11,13,18H,3-9,12H2,1-2H3,(H,23,27). The number of piperidine rings is 1. The molecular weight excluding hydrogens is 359 g/mol. The highest BCUT2D eigenvalue weighted by molar-refractivity contribution is 6.03. The third-order valence-corrected chi connectivity index (χ3v) is 6.09. The molecule has 1 aromatic rings. The fourth-order valence-corrected chi connectivity index (χ4v) is 4.45. The van der Waals surface area contributed by atoms with Gasteiger partial charge in [-0.15, -0.1) is 0 Å². The summed E-state index contributed by atoms with van der Waals surface area (Å²) in [5, 5.41) is 2.74. The Morgan fingerprint density at radius 1 is 1.18 bits per heavy atom. The van der Waals surface area contributed by atoms with Crippen LogP contribution in [0.1, 0.15) is 42.6 Å². The fourth-order valence-electron chi connectivity index (χ4n) is 4.45. The number of carbonyl (C=O) groups is 2. The van der Waals surface area contributed by atoms with Crippen LogP contribution in [0.2, 0.25) is 0 Å². The molecule has 2 amide bonds. The molecule has 6 nitrogen and oxygen atoms in total. The number of benzene rings is 1. The van der Waals surface area contributed by atoms with Crippen molar-refractivity contribution in [2.24, 2.45) is 0 Å². The molecule has 0 bridgehead atoms. The van der Waals surface area contributed by atoms with Crippen LogP contribution in [0.3, 0.4) is 0 Å². The van der Waals surface area contributed by atoms with E-state index < -0.39 is 11.9 Å². The lowest BCUT2D eigenvalue weighted by molar-refractivity contribution is -0.126. The first-order chi connectivity index (χ1) is 13.3. The second kappa shape index (κ2) is 7.20. The van der Waals surface area contributed by atoms with Crippen molar-refractivity contribution in [3.05, 3.63) is 41.4 Å². The van der Waals surface area contributed by atoms with Gasteiger partial charge in [-0.2, -0.15) is 0 Å². The maximum absolute atomic E-state index is 14.4. The lowest BCUT2D eigenvalue weighted by Gasteiger charge is -2.39. The average Bonchev–Trinajstić information content (AvgIpc) is 2.98. The second-order valence-electron chi connectivity index (χ2n) is 8.15. The highest BCUT2D eigenvalue weighted by Gasteiger charge is 2.40. The van der Waals surface area contributed by atoms with Crippen LogP contribution in [-0.4, -0.2) is 59.9 Å². The smallest absolute Gasteiger partial charge is 0.255 e. The second-order valence-corrected chi connectivity index (χ2v) is 8.15. The lowest BCUT2D eigenvalue weighted by atomic mass is 10.0. The molecule has 2 saturated heterocycles. The van der Waals surface area contributed by atoms with Gasteiger partial charge in [-0.05, 0) is 38.8 Å². The van der Waals surface area contributed by atoms with E-state index in [9.17, 15) is 14.0 Å². The molecule has 0 saturated carbocycles. The molecule has 2 fully saturated rings. The minimum Gasteiger partial charge on any atom is -0.369 e. The molecule has 0 aromatic heterocycles. The van der Waals surface area contributed by atoms with E-state index in [-0.39, 0.29) is 11.8 Å². The maximum Gasteiger partial charge on any atom is 0.255 e. The monoisotopic (exact) mass is 386 g/mol. The van der Waals surface area contributed by atoms with Crippen LogP contribution in [0.15, 0.2) is 24.4 Å². The van der Waals surface area contributed by atoms with E-state index >= 15 is 0 Å². The zero-order valence-corrected chi connectivity index (χ0v) is 16.5. The number of carbonyl (C=O) groups excluding carboxylic acids is 2. The van der Waals surface area contributed by atoms with Gasteiger partial charge in [0.1, 0.15) is 11.9 Å². The average molecular weight is 386 g/mol. The molecule has 150 valence electrons. The Labute approximate surface area is 165 Å². The summed E-state index contributed by atoms with van der Waals surface area (Å²) in [6.07, 6.45) is 1.20. The summed E-state index contributed by atoms with van der Waals surface area (Å²) < 4.78 is 14.4. The van der Waals surface area contributed by atoms with Gasteiger partial charge in [0.2, 0.25) is 5.91 Å². The molecule has 0 aliphatic carbocycles. The van der Waals surface area contributed by atoms with Crippen LogP contribution in [0.5, 0.6) is 0 Å². The van der Waals surface area contributed by atoms with Crippen LogP contribution < -0.4 is 10.2 Å². The third-order valence-electron chi connectivity index (χ3n) is 6.09. The number of piperazine rings is 1. The first-order valence-corrected chi connectivity index (χ1v) is 9.96. The minimum atomic E-state index is -0.529. The number of amides is 2. The topological polar surface area (TPSA) is 55.9 Å². The van der Waals surface area contributed by atoms with Gasteiger partial charge >= 0.3 is 0 Å². The Morgan fingerprint density at radius 2 is 1.89 bits per heavy atom. The van der Waals surface area contributed by atoms with Crippen molar-refractivity contribution in [3.8, 4) is 0 Å². The molecule has 3 aliphatic heterocycles. The molecule has 28 heavy (non-hydrogen) atoms. The number of allylic oxidation sites excluding steroid dienone is 1. The number of fused-ring (bicyclic) bond motifs is 1. The van der Waals surface area contributed by atoms with Crippen LogP contribution in [-0.2, 0) is 11.3 Å². The molecule has 1 unspecified atom stereocenters. The van der Waals surface area contributed by atoms with Crippen LogP contribution in [0, 0.1) is 5.82 Å². The largest absolute Gasteiger partial charge is 0.369 e. The summed E-state index contributed by atoms with van der Waals surface area (Å²) in [7, 11) is 0. The number of hydrogen-bond acceptors (Lipinski definition) is 4. The number of hydrogen-bond donors (Lipinski definition) is 1. The number of nitrogens with zero attached hydrogens (tertiary/aromatic N) is 3. The Bertz CT molecular complexity index is 830. The van der Waals surface area contributed by atoms with Crippen LogP contribution >= 0.6 is 0 Å². The Hall–Kier alpha value is -2.41. The summed E-state index contributed by atoms with van der Waals surface area (Å²) in [6, 6.07) is 2.80. The van der Waals surface area contributed by atoms with Gasteiger partial charge < -0.3 is 15.1 Å². The molecule has 3 aliphatic rings. The predicted molar refractivity (Wildman–Crippen MR) is 106 cm³/mol. The van der Waals surface area contributed by atoms with Crippen molar-refractivity contribution in [1.29, 1.82) is 0 Å². The van der Waals surface area contributed by atoms with Gasteiger partial charge in [-0.1, -0.05) is 6.58 Å². The summed E-state index contributed by atoms with van der Waals surface area (Å²) in [5.74, 6) is -0.870. The summed E-state index contributed by atoms with van der Waals surface area (Å²) in [6.45, 7) is 11.9. The van der Waals surface area contributed by atoms with E-state index in [1.807, 2.05) is 0 Å². The van der Waals surface area contributed by atoms with Crippen molar-refractivity contribution in [3.63, 3.8) is 0 Å². The molecule has 1 atom stereocenters. The van der Waals surface area contributed by atoms with E-state index in [0.29, 0.717) is 36.7 Å². The molecule has 4 rings (SSSR count). The quantitative estimate of drug-likeness (QED) is 0.865. The third kappa shape index (κ3) is 3.28. The number of anilines is 1. The van der Waals surface area contributed by atoms with Gasteiger partial charge in [0.05, 0.1) is 0 Å². The van der Waals surface area contributed by atoms with E-state index in [1.165, 1.54) is 12.1 Å².